The first-order chi connectivity index (χ1) is 19.2. The van der Waals surface area contributed by atoms with Crippen LogP contribution in [0, 0.1) is 23.2 Å². The number of aliphatic carboxylic acids is 1. The first kappa shape index (κ1) is 36.0. The van der Waals surface area contributed by atoms with E-state index in [2.05, 4.69) is 42.0 Å². The van der Waals surface area contributed by atoms with E-state index in [-0.39, 0.29) is 49.1 Å². The van der Waals surface area contributed by atoms with Crippen molar-refractivity contribution in [2.24, 2.45) is 11.8 Å². The van der Waals surface area contributed by atoms with Crippen LogP contribution in [-0.4, -0.2) is 54.4 Å². The molecule has 2 aromatic carbocycles. The minimum atomic E-state index is -0.993. The van der Waals surface area contributed by atoms with Gasteiger partial charge in [-0.3, -0.25) is 0 Å². The van der Waals surface area contributed by atoms with Gasteiger partial charge in [-0.15, -0.1) is 37.2 Å². The molecular formula is C32H39Cl3N4O4. The molecule has 5 rings (SSSR count). The summed E-state index contributed by atoms with van der Waals surface area (Å²) in [6, 6.07) is 21.5. The second-order valence-electron chi connectivity index (χ2n) is 11.6. The molecular weight excluding hydrogens is 611 g/mol. The fourth-order valence-electron chi connectivity index (χ4n) is 5.36. The zero-order chi connectivity index (χ0) is 28.3. The standard InChI is InChI=1S/C32H36N4O4.3ClH/c1-32(2,3)23-7-11-25(12-8-23)40-28(31(37)38)16-21-4-9-24(10-5-21)39-15-14-34-30-26-19-36(20-27(26)30)29-13-6-22(17-33)18-35-29;;;/h4-13,18,26-28,30,34H,14-16,19-20H2,1-3H3,(H,37,38);3*1H/t26-,27?,28-,30+;;;/m0.../s1. The quantitative estimate of drug-likeness (QED) is 0.255. The van der Waals surface area contributed by atoms with Gasteiger partial charge >= 0.3 is 5.97 Å². The third-order valence-electron chi connectivity index (χ3n) is 7.76. The number of carboxylic acids is 1. The smallest absolute Gasteiger partial charge is 0.345 e. The van der Waals surface area contributed by atoms with Gasteiger partial charge in [-0.25, -0.2) is 9.78 Å². The molecule has 1 unspecified atom stereocenters. The number of carbonyl (C=O) groups is 1. The van der Waals surface area contributed by atoms with Gasteiger partial charge in [0.05, 0.1) is 5.56 Å². The fourth-order valence-corrected chi connectivity index (χ4v) is 5.36. The molecule has 2 fully saturated rings. The summed E-state index contributed by atoms with van der Waals surface area (Å²) < 4.78 is 11.7. The lowest BCUT2D eigenvalue weighted by atomic mass is 9.87. The molecule has 0 amide bonds. The van der Waals surface area contributed by atoms with E-state index in [9.17, 15) is 9.90 Å². The van der Waals surface area contributed by atoms with Gasteiger partial charge in [0.15, 0.2) is 6.10 Å². The third kappa shape index (κ3) is 9.14. The van der Waals surface area contributed by atoms with Crippen LogP contribution in [0.2, 0.25) is 0 Å². The van der Waals surface area contributed by atoms with E-state index in [1.54, 1.807) is 6.20 Å². The Morgan fingerprint density at radius 2 is 1.65 bits per heavy atom. The third-order valence-corrected chi connectivity index (χ3v) is 7.76. The van der Waals surface area contributed by atoms with E-state index in [1.165, 1.54) is 5.56 Å². The number of nitrogens with zero attached hydrogens (tertiary/aromatic N) is 3. The number of fused-ring (bicyclic) bond motifs is 1. The van der Waals surface area contributed by atoms with E-state index < -0.39 is 12.1 Å². The Morgan fingerprint density at radius 3 is 2.19 bits per heavy atom. The van der Waals surface area contributed by atoms with E-state index in [0.29, 0.717) is 35.8 Å². The number of nitrogens with one attached hydrogen (secondary N) is 1. The highest BCUT2D eigenvalue weighted by Gasteiger charge is 2.55. The van der Waals surface area contributed by atoms with Crippen LogP contribution < -0.4 is 19.7 Å². The second-order valence-corrected chi connectivity index (χ2v) is 11.6. The lowest BCUT2D eigenvalue weighted by Crippen LogP contribution is -2.33. The number of anilines is 1. The summed E-state index contributed by atoms with van der Waals surface area (Å²) in [5.41, 5.74) is 2.64. The first-order valence-corrected chi connectivity index (χ1v) is 13.8. The van der Waals surface area contributed by atoms with Crippen molar-refractivity contribution >= 4 is 49.0 Å². The normalized spacial score (nSPS) is 18.9. The number of ether oxygens (including phenoxy) is 2. The van der Waals surface area contributed by atoms with Crippen LogP contribution in [0.15, 0.2) is 66.9 Å². The van der Waals surface area contributed by atoms with Crippen LogP contribution in [0.1, 0.15) is 37.5 Å². The minimum Gasteiger partial charge on any atom is -0.492 e. The predicted octanol–water partition coefficient (Wildman–Crippen LogP) is 5.69. The molecule has 2 heterocycles. The van der Waals surface area contributed by atoms with Crippen molar-refractivity contribution in [2.45, 2.75) is 44.8 Å². The molecule has 1 saturated heterocycles. The molecule has 2 N–H and O–H groups in total. The molecule has 1 aromatic heterocycles. The molecule has 232 valence electrons. The van der Waals surface area contributed by atoms with Crippen molar-refractivity contribution in [3.8, 4) is 17.6 Å². The molecule has 2 aliphatic rings. The maximum absolute atomic E-state index is 11.8. The second kappa shape index (κ2) is 15.5. The monoisotopic (exact) mass is 648 g/mol. The Kier molecular flexibility index (Phi) is 13.0. The number of rotatable bonds is 11. The summed E-state index contributed by atoms with van der Waals surface area (Å²) in [7, 11) is 0. The molecule has 1 aliphatic carbocycles. The minimum absolute atomic E-state index is 0. The average Bonchev–Trinajstić information content (AvgIpc) is 3.38. The van der Waals surface area contributed by atoms with E-state index in [4.69, 9.17) is 14.7 Å². The van der Waals surface area contributed by atoms with E-state index in [1.807, 2.05) is 60.7 Å². The van der Waals surface area contributed by atoms with Crippen LogP contribution in [0.5, 0.6) is 11.5 Å². The first-order valence-electron chi connectivity index (χ1n) is 13.8. The summed E-state index contributed by atoms with van der Waals surface area (Å²) in [6.07, 6.45) is 0.917. The fraction of sp³-hybridized carbons (Fsp3) is 0.406. The number of halogens is 3. The van der Waals surface area contributed by atoms with Gasteiger partial charge in [0.1, 0.15) is 30.0 Å². The molecule has 0 bridgehead atoms. The van der Waals surface area contributed by atoms with Crippen molar-refractivity contribution in [2.75, 3.05) is 31.1 Å². The lowest BCUT2D eigenvalue weighted by Gasteiger charge is -2.21. The van der Waals surface area contributed by atoms with E-state index >= 15 is 0 Å². The lowest BCUT2D eigenvalue weighted by molar-refractivity contribution is -0.145. The number of hydrogen-bond acceptors (Lipinski definition) is 7. The van der Waals surface area contributed by atoms with Crippen molar-refractivity contribution in [1.82, 2.24) is 10.3 Å². The Hall–Kier alpha value is -3.22. The molecule has 1 aliphatic heterocycles. The molecule has 43 heavy (non-hydrogen) atoms. The number of carboxylic acid groups (broad SMARTS) is 1. The Bertz CT molecular complexity index is 1350. The number of nitriles is 1. The number of pyridine rings is 1. The average molecular weight is 650 g/mol. The van der Waals surface area contributed by atoms with Gasteiger partial charge in [0, 0.05) is 38.3 Å². The number of aromatic nitrogens is 1. The summed E-state index contributed by atoms with van der Waals surface area (Å²) in [6.45, 7) is 9.68. The van der Waals surface area contributed by atoms with Crippen LogP contribution in [-0.2, 0) is 16.6 Å². The Labute approximate surface area is 272 Å². The van der Waals surface area contributed by atoms with E-state index in [0.717, 1.165) is 36.8 Å². The molecule has 3 aromatic rings. The highest BCUT2D eigenvalue weighted by Crippen LogP contribution is 2.46. The maximum Gasteiger partial charge on any atom is 0.345 e. The van der Waals surface area contributed by atoms with Crippen molar-refractivity contribution in [3.63, 3.8) is 0 Å². The molecule has 0 radical (unpaired) electrons. The van der Waals surface area contributed by atoms with Crippen molar-refractivity contribution < 1.29 is 19.4 Å². The molecule has 4 atom stereocenters. The highest BCUT2D eigenvalue weighted by atomic mass is 35.5. The van der Waals surface area contributed by atoms with Gasteiger partial charge in [0.25, 0.3) is 0 Å². The summed E-state index contributed by atoms with van der Waals surface area (Å²) in [5, 5.41) is 22.3. The Morgan fingerprint density at radius 1 is 1.02 bits per heavy atom. The Balaban J connectivity index is 0.00000215. The highest BCUT2D eigenvalue weighted by molar-refractivity contribution is 5.86. The molecule has 1 saturated carbocycles. The van der Waals surface area contributed by atoms with Gasteiger partial charge in [0.2, 0.25) is 0 Å². The summed E-state index contributed by atoms with van der Waals surface area (Å²) in [5.74, 6) is 2.49. The maximum atomic E-state index is 11.8. The van der Waals surface area contributed by atoms with Gasteiger partial charge < -0.3 is 24.8 Å². The SMILES string of the molecule is CC(C)(C)c1ccc(O[C@@H](Cc2ccc(OCCN[C@H]3C4CN(c5ccc(C#N)cn5)C[C@@H]43)cc2)C(=O)O)cc1.Cl.Cl.Cl. The number of piperidine rings is 1. The zero-order valence-electron chi connectivity index (χ0n) is 24.4. The van der Waals surface area contributed by atoms with Crippen LogP contribution in [0.3, 0.4) is 0 Å². The topological polar surface area (TPSA) is 108 Å². The number of hydrogen-bond donors (Lipinski definition) is 2. The predicted molar refractivity (Wildman–Crippen MR) is 175 cm³/mol. The largest absolute Gasteiger partial charge is 0.492 e. The van der Waals surface area contributed by atoms with Crippen molar-refractivity contribution in [3.05, 3.63) is 83.6 Å². The van der Waals surface area contributed by atoms with Crippen LogP contribution in [0.25, 0.3) is 0 Å². The van der Waals surface area contributed by atoms with Crippen LogP contribution >= 0.6 is 37.2 Å². The zero-order valence-corrected chi connectivity index (χ0v) is 26.9. The summed E-state index contributed by atoms with van der Waals surface area (Å²) >= 11 is 0. The molecule has 11 heteroatoms. The molecule has 0 spiro atoms. The van der Waals surface area contributed by atoms with Crippen molar-refractivity contribution in [1.29, 1.82) is 5.26 Å². The number of benzene rings is 2. The summed E-state index contributed by atoms with van der Waals surface area (Å²) in [4.78, 5) is 18.5. The van der Waals surface area contributed by atoms with Crippen LogP contribution in [0.4, 0.5) is 5.82 Å². The van der Waals surface area contributed by atoms with Gasteiger partial charge in [-0.05, 0) is 64.8 Å². The van der Waals surface area contributed by atoms with Gasteiger partial charge in [-0.1, -0.05) is 45.0 Å². The van der Waals surface area contributed by atoms with Gasteiger partial charge in [-0.2, -0.15) is 5.26 Å². The molecule has 8 nitrogen and oxygen atoms in total.